The molecular formula is C10H10N2O. The van der Waals surface area contributed by atoms with E-state index in [1.165, 1.54) is 0 Å². The highest BCUT2D eigenvalue weighted by Crippen LogP contribution is 2.12. The Hall–Kier alpha value is -1.64. The molecule has 1 N–H and O–H groups in total. The Morgan fingerprint density at radius 2 is 2.15 bits per heavy atom. The lowest BCUT2D eigenvalue weighted by atomic mass is 10.1. The van der Waals surface area contributed by atoms with Crippen molar-refractivity contribution in [1.82, 2.24) is 9.97 Å². The molecule has 66 valence electrons. The third-order valence-corrected chi connectivity index (χ3v) is 2.16. The molecule has 0 aromatic carbocycles. The molecule has 2 rings (SSSR count). The molecule has 0 bridgehead atoms. The van der Waals surface area contributed by atoms with E-state index >= 15 is 0 Å². The number of pyridine rings is 2. The first-order valence-corrected chi connectivity index (χ1v) is 4.14. The second-order valence-corrected chi connectivity index (χ2v) is 3.14. The molecule has 0 amide bonds. The number of fused-ring (bicyclic) bond motifs is 1. The lowest BCUT2D eigenvalue weighted by Gasteiger charge is -2.00. The van der Waals surface area contributed by atoms with E-state index in [-0.39, 0.29) is 5.56 Å². The van der Waals surface area contributed by atoms with Crippen LogP contribution in [0, 0.1) is 13.8 Å². The quantitative estimate of drug-likeness (QED) is 0.658. The van der Waals surface area contributed by atoms with Crippen molar-refractivity contribution in [1.29, 1.82) is 0 Å². The van der Waals surface area contributed by atoms with Crippen molar-refractivity contribution in [3.8, 4) is 0 Å². The van der Waals surface area contributed by atoms with Crippen molar-refractivity contribution in [2.24, 2.45) is 0 Å². The lowest BCUT2D eigenvalue weighted by Crippen LogP contribution is -2.08. The molecule has 0 spiro atoms. The number of nitrogens with zero attached hydrogens (tertiary/aromatic N) is 1. The van der Waals surface area contributed by atoms with Crippen LogP contribution in [0.25, 0.3) is 10.9 Å². The van der Waals surface area contributed by atoms with Gasteiger partial charge in [-0.25, -0.2) is 0 Å². The lowest BCUT2D eigenvalue weighted by molar-refractivity contribution is 1.18. The molecule has 0 atom stereocenters. The van der Waals surface area contributed by atoms with Crippen LogP contribution in [-0.2, 0) is 0 Å². The molecule has 2 aromatic rings. The van der Waals surface area contributed by atoms with Gasteiger partial charge in [0.2, 0.25) is 0 Å². The van der Waals surface area contributed by atoms with Crippen LogP contribution < -0.4 is 5.56 Å². The molecule has 3 heteroatoms. The summed E-state index contributed by atoms with van der Waals surface area (Å²) in [5.41, 5.74) is 2.49. The summed E-state index contributed by atoms with van der Waals surface area (Å²) in [5.74, 6) is 0. The minimum Gasteiger partial charge on any atom is -0.322 e. The number of H-pyrrole nitrogens is 1. The van der Waals surface area contributed by atoms with E-state index in [1.807, 2.05) is 19.1 Å². The number of aromatic nitrogens is 2. The summed E-state index contributed by atoms with van der Waals surface area (Å²) in [6, 6.07) is 3.68. The van der Waals surface area contributed by atoms with Gasteiger partial charge < -0.3 is 4.98 Å². The number of nitrogens with one attached hydrogen (secondary N) is 1. The van der Waals surface area contributed by atoms with Crippen LogP contribution >= 0.6 is 0 Å². The highest BCUT2D eigenvalue weighted by Gasteiger charge is 2.00. The molecule has 0 saturated carbocycles. The predicted octanol–water partition coefficient (Wildman–Crippen LogP) is 1.54. The maximum absolute atomic E-state index is 11.3. The molecule has 2 aromatic heterocycles. The van der Waals surface area contributed by atoms with Gasteiger partial charge in [0.15, 0.2) is 0 Å². The van der Waals surface area contributed by atoms with E-state index in [0.29, 0.717) is 0 Å². The summed E-state index contributed by atoms with van der Waals surface area (Å²) in [6.45, 7) is 3.73. The van der Waals surface area contributed by atoms with Crippen LogP contribution in [0.3, 0.4) is 0 Å². The number of rotatable bonds is 0. The van der Waals surface area contributed by atoms with E-state index in [2.05, 4.69) is 9.97 Å². The first-order chi connectivity index (χ1) is 6.18. The van der Waals surface area contributed by atoms with E-state index in [0.717, 1.165) is 22.2 Å². The fourth-order valence-electron chi connectivity index (χ4n) is 1.37. The summed E-state index contributed by atoms with van der Waals surface area (Å²) in [5, 5.41) is 1.01. The Balaban J connectivity index is 2.97. The van der Waals surface area contributed by atoms with E-state index in [9.17, 15) is 4.79 Å². The standard InChI is InChI=1S/C10H10N2O/c1-6-5-8-7(2)11-4-3-9(8)12-10(6)13/h3-5H,1-2H3,(H,12,13). The van der Waals surface area contributed by atoms with Crippen molar-refractivity contribution < 1.29 is 0 Å². The fourth-order valence-corrected chi connectivity index (χ4v) is 1.37. The topological polar surface area (TPSA) is 45.8 Å². The van der Waals surface area contributed by atoms with Crippen LogP contribution in [0.4, 0.5) is 0 Å². The maximum atomic E-state index is 11.3. The van der Waals surface area contributed by atoms with Crippen LogP contribution in [0.5, 0.6) is 0 Å². The largest absolute Gasteiger partial charge is 0.322 e. The molecule has 0 aliphatic carbocycles. The van der Waals surface area contributed by atoms with Gasteiger partial charge in [-0.1, -0.05) is 0 Å². The molecule has 2 heterocycles. The normalized spacial score (nSPS) is 10.6. The summed E-state index contributed by atoms with van der Waals surface area (Å²) in [7, 11) is 0. The fraction of sp³-hybridized carbons (Fsp3) is 0.200. The second kappa shape index (κ2) is 2.69. The molecule has 3 nitrogen and oxygen atoms in total. The van der Waals surface area contributed by atoms with Crippen LogP contribution in [-0.4, -0.2) is 9.97 Å². The zero-order valence-corrected chi connectivity index (χ0v) is 7.59. The third kappa shape index (κ3) is 1.22. The Morgan fingerprint density at radius 3 is 2.92 bits per heavy atom. The summed E-state index contributed by atoms with van der Waals surface area (Å²) < 4.78 is 0. The van der Waals surface area contributed by atoms with Crippen molar-refractivity contribution in [2.75, 3.05) is 0 Å². The molecule has 13 heavy (non-hydrogen) atoms. The van der Waals surface area contributed by atoms with Crippen molar-refractivity contribution >= 4 is 10.9 Å². The average Bonchev–Trinajstić information content (AvgIpc) is 2.09. The first-order valence-electron chi connectivity index (χ1n) is 4.14. The van der Waals surface area contributed by atoms with E-state index < -0.39 is 0 Å². The van der Waals surface area contributed by atoms with Crippen molar-refractivity contribution in [3.63, 3.8) is 0 Å². The Morgan fingerprint density at radius 1 is 1.38 bits per heavy atom. The van der Waals surface area contributed by atoms with Gasteiger partial charge in [0.1, 0.15) is 0 Å². The minimum absolute atomic E-state index is 0.0295. The average molecular weight is 174 g/mol. The molecule has 0 fully saturated rings. The SMILES string of the molecule is Cc1cc2c(C)nccc2[nH]c1=O. The van der Waals surface area contributed by atoms with Gasteiger partial charge >= 0.3 is 0 Å². The molecule has 0 radical (unpaired) electrons. The van der Waals surface area contributed by atoms with Gasteiger partial charge in [-0.15, -0.1) is 0 Å². The number of hydrogen-bond acceptors (Lipinski definition) is 2. The van der Waals surface area contributed by atoms with Gasteiger partial charge in [-0.2, -0.15) is 0 Å². The van der Waals surface area contributed by atoms with Gasteiger partial charge in [-0.3, -0.25) is 9.78 Å². The van der Waals surface area contributed by atoms with Crippen LogP contribution in [0.2, 0.25) is 0 Å². The van der Waals surface area contributed by atoms with Crippen LogP contribution in [0.1, 0.15) is 11.3 Å². The zero-order valence-electron chi connectivity index (χ0n) is 7.59. The molecule has 0 aliphatic heterocycles. The summed E-state index contributed by atoms with van der Waals surface area (Å²) in [6.07, 6.45) is 1.70. The summed E-state index contributed by atoms with van der Waals surface area (Å²) in [4.78, 5) is 18.2. The van der Waals surface area contributed by atoms with E-state index in [4.69, 9.17) is 0 Å². The van der Waals surface area contributed by atoms with Gasteiger partial charge in [0.25, 0.3) is 5.56 Å². The molecule has 0 unspecified atom stereocenters. The molecule has 0 saturated heterocycles. The van der Waals surface area contributed by atoms with Crippen LogP contribution in [0.15, 0.2) is 23.1 Å². The Labute approximate surface area is 75.4 Å². The maximum Gasteiger partial charge on any atom is 0.251 e. The van der Waals surface area contributed by atoms with Gasteiger partial charge in [0, 0.05) is 22.8 Å². The zero-order chi connectivity index (χ0) is 9.42. The molecular weight excluding hydrogens is 164 g/mol. The second-order valence-electron chi connectivity index (χ2n) is 3.14. The Kier molecular flexibility index (Phi) is 1.65. The minimum atomic E-state index is -0.0295. The third-order valence-electron chi connectivity index (χ3n) is 2.16. The molecule has 0 aliphatic rings. The van der Waals surface area contributed by atoms with Gasteiger partial charge in [-0.05, 0) is 26.0 Å². The number of hydrogen-bond donors (Lipinski definition) is 1. The number of aromatic amines is 1. The first kappa shape index (κ1) is 7.98. The Bertz CT molecular complexity index is 514. The van der Waals surface area contributed by atoms with E-state index in [1.54, 1.807) is 13.1 Å². The monoisotopic (exact) mass is 174 g/mol. The smallest absolute Gasteiger partial charge is 0.251 e. The predicted molar refractivity (Wildman–Crippen MR) is 51.8 cm³/mol. The highest BCUT2D eigenvalue weighted by molar-refractivity contribution is 5.80. The highest BCUT2D eigenvalue weighted by atomic mass is 16.1. The van der Waals surface area contributed by atoms with Crippen molar-refractivity contribution in [2.45, 2.75) is 13.8 Å². The van der Waals surface area contributed by atoms with Gasteiger partial charge in [0.05, 0.1) is 5.52 Å². The summed E-state index contributed by atoms with van der Waals surface area (Å²) >= 11 is 0. The number of aryl methyl sites for hydroxylation is 2. The van der Waals surface area contributed by atoms with Crippen molar-refractivity contribution in [3.05, 3.63) is 39.9 Å².